The summed E-state index contributed by atoms with van der Waals surface area (Å²) >= 11 is 0. The molecule has 0 saturated heterocycles. The molecule has 82 valence electrons. The van der Waals surface area contributed by atoms with Gasteiger partial charge in [-0.15, -0.1) is 0 Å². The summed E-state index contributed by atoms with van der Waals surface area (Å²) in [7, 11) is 3.80. The smallest absolute Gasteiger partial charge is 0.208 e. The van der Waals surface area contributed by atoms with Crippen LogP contribution in [0.1, 0.15) is 13.8 Å². The summed E-state index contributed by atoms with van der Waals surface area (Å²) in [5, 5.41) is 0. The first-order chi connectivity index (χ1) is 7.13. The van der Waals surface area contributed by atoms with E-state index >= 15 is 0 Å². The van der Waals surface area contributed by atoms with E-state index in [9.17, 15) is 0 Å². The van der Waals surface area contributed by atoms with Gasteiger partial charge in [0, 0.05) is 12.7 Å². The van der Waals surface area contributed by atoms with E-state index in [1.54, 1.807) is 7.11 Å². The van der Waals surface area contributed by atoms with Gasteiger partial charge in [-0.1, -0.05) is 19.9 Å². The molecule has 2 heterocycles. The Morgan fingerprint density at radius 2 is 2.20 bits per heavy atom. The van der Waals surface area contributed by atoms with Crippen molar-refractivity contribution >= 4 is 5.90 Å². The minimum atomic E-state index is 0.229. The summed E-state index contributed by atoms with van der Waals surface area (Å²) in [5.74, 6) is 1.28. The van der Waals surface area contributed by atoms with Gasteiger partial charge < -0.3 is 9.64 Å². The highest BCUT2D eigenvalue weighted by atomic mass is 16.5. The molecule has 0 aromatic rings. The van der Waals surface area contributed by atoms with E-state index in [1.807, 2.05) is 6.08 Å². The van der Waals surface area contributed by atoms with Crippen molar-refractivity contribution in [3.05, 3.63) is 23.9 Å². The molecule has 2 aliphatic rings. The van der Waals surface area contributed by atoms with Gasteiger partial charge in [-0.05, 0) is 18.1 Å². The molecule has 3 nitrogen and oxygen atoms in total. The lowest BCUT2D eigenvalue weighted by Gasteiger charge is -2.28. The molecule has 0 amide bonds. The van der Waals surface area contributed by atoms with Crippen LogP contribution in [0.3, 0.4) is 0 Å². The van der Waals surface area contributed by atoms with E-state index in [-0.39, 0.29) is 6.04 Å². The van der Waals surface area contributed by atoms with Gasteiger partial charge in [0.2, 0.25) is 5.90 Å². The van der Waals surface area contributed by atoms with Gasteiger partial charge in [0.1, 0.15) is 0 Å². The van der Waals surface area contributed by atoms with Crippen LogP contribution in [0.15, 0.2) is 28.9 Å². The van der Waals surface area contributed by atoms with Gasteiger partial charge in [-0.25, -0.2) is 4.99 Å². The Morgan fingerprint density at radius 3 is 2.80 bits per heavy atom. The first-order valence-electron chi connectivity index (χ1n) is 5.38. The Bertz CT molecular complexity index is 342. The maximum absolute atomic E-state index is 5.15. The standard InChI is InChI=1S/C12H18N2O/c1-8(2)11-7-9-10(14(11)3)5-6-12(13-9)15-4/h5-10H,1-4H3. The van der Waals surface area contributed by atoms with Gasteiger partial charge in [0.15, 0.2) is 0 Å². The molecule has 0 aromatic carbocycles. The molecule has 2 atom stereocenters. The number of ether oxygens (including phenoxy) is 1. The second kappa shape index (κ2) is 3.72. The van der Waals surface area contributed by atoms with Gasteiger partial charge in [-0.3, -0.25) is 0 Å². The highest BCUT2D eigenvalue weighted by Crippen LogP contribution is 2.30. The first-order valence-corrected chi connectivity index (χ1v) is 5.38. The molecule has 2 aliphatic heterocycles. The third-order valence-corrected chi connectivity index (χ3v) is 3.06. The summed E-state index contributed by atoms with van der Waals surface area (Å²) in [5.41, 5.74) is 1.37. The Hall–Kier alpha value is -1.25. The Labute approximate surface area is 91.1 Å². The maximum Gasteiger partial charge on any atom is 0.208 e. The summed E-state index contributed by atoms with van der Waals surface area (Å²) < 4.78 is 5.15. The van der Waals surface area contributed by atoms with E-state index in [4.69, 9.17) is 4.74 Å². The van der Waals surface area contributed by atoms with Crippen molar-refractivity contribution in [2.24, 2.45) is 10.9 Å². The number of methoxy groups -OCH3 is 1. The van der Waals surface area contributed by atoms with Crippen LogP contribution in [0.2, 0.25) is 0 Å². The molecule has 0 aromatic heterocycles. The molecule has 0 saturated carbocycles. The molecule has 3 heteroatoms. The third-order valence-electron chi connectivity index (χ3n) is 3.06. The van der Waals surface area contributed by atoms with E-state index in [1.165, 1.54) is 5.70 Å². The van der Waals surface area contributed by atoms with Crippen LogP contribution < -0.4 is 0 Å². The topological polar surface area (TPSA) is 24.8 Å². The molecule has 2 rings (SSSR count). The number of nitrogens with zero attached hydrogens (tertiary/aromatic N) is 2. The predicted octanol–water partition coefficient (Wildman–Crippen LogP) is 1.82. The number of aliphatic imine (C=N–C) groups is 1. The van der Waals surface area contributed by atoms with E-state index < -0.39 is 0 Å². The van der Waals surface area contributed by atoms with Crippen LogP contribution in [0.4, 0.5) is 0 Å². The minimum Gasteiger partial charge on any atom is -0.481 e. The van der Waals surface area contributed by atoms with Crippen LogP contribution in [0, 0.1) is 5.92 Å². The number of allylic oxidation sites excluding steroid dienone is 1. The number of likely N-dealkylation sites (N-methyl/N-ethyl adjacent to an activating group) is 1. The van der Waals surface area contributed by atoms with Crippen LogP contribution in [-0.2, 0) is 4.74 Å². The molecular weight excluding hydrogens is 188 g/mol. The normalized spacial score (nSPS) is 29.0. The third kappa shape index (κ3) is 1.66. The average molecular weight is 206 g/mol. The fourth-order valence-electron chi connectivity index (χ4n) is 2.24. The zero-order valence-corrected chi connectivity index (χ0v) is 9.77. The van der Waals surface area contributed by atoms with Crippen molar-refractivity contribution in [2.45, 2.75) is 25.9 Å². The van der Waals surface area contributed by atoms with Crippen molar-refractivity contribution in [3.63, 3.8) is 0 Å². The van der Waals surface area contributed by atoms with E-state index in [2.05, 4.69) is 42.9 Å². The first kappa shape index (κ1) is 10.3. The summed E-state index contributed by atoms with van der Waals surface area (Å²) in [6.45, 7) is 4.43. The summed E-state index contributed by atoms with van der Waals surface area (Å²) in [6.07, 6.45) is 6.37. The number of hydrogen-bond donors (Lipinski definition) is 0. The van der Waals surface area contributed by atoms with Crippen molar-refractivity contribution in [1.29, 1.82) is 0 Å². The van der Waals surface area contributed by atoms with E-state index in [0.717, 1.165) is 5.90 Å². The fraction of sp³-hybridized carbons (Fsp3) is 0.583. The Morgan fingerprint density at radius 1 is 1.47 bits per heavy atom. The van der Waals surface area contributed by atoms with Crippen molar-refractivity contribution in [2.75, 3.05) is 14.2 Å². The molecule has 0 spiro atoms. The number of dihydropyridines is 1. The molecule has 15 heavy (non-hydrogen) atoms. The zero-order chi connectivity index (χ0) is 11.0. The molecule has 0 aliphatic carbocycles. The highest BCUT2D eigenvalue weighted by Gasteiger charge is 2.33. The molecular formula is C12H18N2O. The quantitative estimate of drug-likeness (QED) is 0.654. The van der Waals surface area contributed by atoms with Gasteiger partial charge in [0.05, 0.1) is 19.2 Å². The van der Waals surface area contributed by atoms with Crippen LogP contribution in [0.5, 0.6) is 0 Å². The van der Waals surface area contributed by atoms with Crippen molar-refractivity contribution < 1.29 is 4.74 Å². The SMILES string of the molecule is COC1=NC2C=C(C(C)C)N(C)C2C=C1. The zero-order valence-electron chi connectivity index (χ0n) is 9.77. The van der Waals surface area contributed by atoms with Gasteiger partial charge >= 0.3 is 0 Å². The highest BCUT2D eigenvalue weighted by molar-refractivity contribution is 5.89. The molecule has 0 N–H and O–H groups in total. The summed E-state index contributed by atoms with van der Waals surface area (Å²) in [6, 6.07) is 0.605. The summed E-state index contributed by atoms with van der Waals surface area (Å²) in [4.78, 5) is 6.84. The van der Waals surface area contributed by atoms with Crippen LogP contribution in [-0.4, -0.2) is 37.0 Å². The Kier molecular flexibility index (Phi) is 2.55. The monoisotopic (exact) mass is 206 g/mol. The molecule has 0 fully saturated rings. The maximum atomic E-state index is 5.15. The largest absolute Gasteiger partial charge is 0.481 e. The van der Waals surface area contributed by atoms with Gasteiger partial charge in [0.25, 0.3) is 0 Å². The molecule has 0 radical (unpaired) electrons. The van der Waals surface area contributed by atoms with Crippen LogP contribution >= 0.6 is 0 Å². The van der Waals surface area contributed by atoms with Gasteiger partial charge in [-0.2, -0.15) is 0 Å². The second-order valence-electron chi connectivity index (χ2n) is 4.37. The predicted molar refractivity (Wildman–Crippen MR) is 61.8 cm³/mol. The number of hydrogen-bond acceptors (Lipinski definition) is 3. The molecule has 2 unspecified atom stereocenters. The van der Waals surface area contributed by atoms with Crippen molar-refractivity contribution in [1.82, 2.24) is 4.90 Å². The number of fused-ring (bicyclic) bond motifs is 1. The van der Waals surface area contributed by atoms with Crippen LogP contribution in [0.25, 0.3) is 0 Å². The molecule has 0 bridgehead atoms. The second-order valence-corrected chi connectivity index (χ2v) is 4.37. The Balaban J connectivity index is 2.25. The fourth-order valence-corrected chi connectivity index (χ4v) is 2.24. The lowest BCUT2D eigenvalue weighted by molar-refractivity contribution is 0.330. The number of rotatable bonds is 1. The van der Waals surface area contributed by atoms with Crippen molar-refractivity contribution in [3.8, 4) is 0 Å². The average Bonchev–Trinajstić information content (AvgIpc) is 2.55. The lowest BCUT2D eigenvalue weighted by Crippen LogP contribution is -2.34. The minimum absolute atomic E-state index is 0.229. The van der Waals surface area contributed by atoms with E-state index in [0.29, 0.717) is 12.0 Å². The lowest BCUT2D eigenvalue weighted by atomic mass is 10.1.